The van der Waals surface area contributed by atoms with E-state index in [9.17, 15) is 9.59 Å². The quantitative estimate of drug-likeness (QED) is 0.706. The molecule has 0 aromatic heterocycles. The van der Waals surface area contributed by atoms with Crippen LogP contribution in [0.4, 0.5) is 0 Å². The maximum Gasteiger partial charge on any atom is 0.307 e. The number of amides is 1. The van der Waals surface area contributed by atoms with Gasteiger partial charge in [-0.15, -0.1) is 0 Å². The second-order valence-corrected chi connectivity index (χ2v) is 4.52. The molecule has 0 aliphatic heterocycles. The Hall–Kier alpha value is -1.06. The van der Waals surface area contributed by atoms with E-state index in [0.717, 1.165) is 0 Å². The maximum absolute atomic E-state index is 11.5. The van der Waals surface area contributed by atoms with Crippen LogP contribution >= 0.6 is 0 Å². The number of ether oxygens (including phenoxy) is 1. The van der Waals surface area contributed by atoms with Gasteiger partial charge in [-0.3, -0.25) is 9.59 Å². The molecule has 0 fully saturated rings. The van der Waals surface area contributed by atoms with E-state index in [0.29, 0.717) is 6.61 Å². The van der Waals surface area contributed by atoms with Gasteiger partial charge in [0.1, 0.15) is 0 Å². The van der Waals surface area contributed by atoms with E-state index >= 15 is 0 Å². The summed E-state index contributed by atoms with van der Waals surface area (Å²) < 4.78 is 4.87. The van der Waals surface area contributed by atoms with Gasteiger partial charge in [-0.25, -0.2) is 0 Å². The summed E-state index contributed by atoms with van der Waals surface area (Å²) in [5.74, 6) is -0.135. The first-order chi connectivity index (χ1) is 7.38. The fraction of sp³-hybridized carbons (Fsp3) is 0.833. The van der Waals surface area contributed by atoms with Gasteiger partial charge in [0, 0.05) is 12.0 Å². The standard InChI is InChI=1S/C12H23NO3/c1-6-16-11(14)7-10(8(2)3)13-12(15)9(4)5/h8-10H,6-7H2,1-5H3,(H,13,15). The van der Waals surface area contributed by atoms with Gasteiger partial charge in [0.15, 0.2) is 0 Å². The number of hydrogen-bond donors (Lipinski definition) is 1. The minimum atomic E-state index is -0.259. The first-order valence-electron chi connectivity index (χ1n) is 5.84. The van der Waals surface area contributed by atoms with Crippen LogP contribution in [0.25, 0.3) is 0 Å². The summed E-state index contributed by atoms with van der Waals surface area (Å²) in [5.41, 5.74) is 0. The van der Waals surface area contributed by atoms with Crippen molar-refractivity contribution in [3.63, 3.8) is 0 Å². The van der Waals surface area contributed by atoms with Crippen molar-refractivity contribution in [3.8, 4) is 0 Å². The van der Waals surface area contributed by atoms with Crippen molar-refractivity contribution in [3.05, 3.63) is 0 Å². The van der Waals surface area contributed by atoms with Crippen molar-refractivity contribution in [2.24, 2.45) is 11.8 Å². The van der Waals surface area contributed by atoms with Gasteiger partial charge in [0.2, 0.25) is 5.91 Å². The fourth-order valence-electron chi connectivity index (χ4n) is 1.20. The topological polar surface area (TPSA) is 55.4 Å². The molecule has 1 atom stereocenters. The highest BCUT2D eigenvalue weighted by molar-refractivity contribution is 5.79. The van der Waals surface area contributed by atoms with Crippen molar-refractivity contribution in [1.29, 1.82) is 0 Å². The number of carbonyl (C=O) groups is 2. The Morgan fingerprint density at radius 1 is 1.19 bits per heavy atom. The molecule has 0 heterocycles. The first kappa shape index (κ1) is 14.9. The average Bonchev–Trinajstić information content (AvgIpc) is 2.16. The van der Waals surface area contributed by atoms with Crippen LogP contribution in [0.15, 0.2) is 0 Å². The summed E-state index contributed by atoms with van der Waals surface area (Å²) in [4.78, 5) is 22.9. The lowest BCUT2D eigenvalue weighted by molar-refractivity contribution is -0.144. The van der Waals surface area contributed by atoms with Gasteiger partial charge in [0.25, 0.3) is 0 Å². The number of esters is 1. The Bertz CT molecular complexity index is 236. The zero-order valence-electron chi connectivity index (χ0n) is 10.9. The largest absolute Gasteiger partial charge is 0.466 e. The normalized spacial score (nSPS) is 12.7. The highest BCUT2D eigenvalue weighted by Crippen LogP contribution is 2.08. The molecule has 4 heteroatoms. The number of nitrogens with one attached hydrogen (secondary N) is 1. The van der Waals surface area contributed by atoms with Crippen LogP contribution in [0.3, 0.4) is 0 Å². The van der Waals surface area contributed by atoms with E-state index in [-0.39, 0.29) is 36.2 Å². The summed E-state index contributed by atoms with van der Waals surface area (Å²) >= 11 is 0. The highest BCUT2D eigenvalue weighted by Gasteiger charge is 2.21. The number of hydrogen-bond acceptors (Lipinski definition) is 3. The third-order valence-electron chi connectivity index (χ3n) is 2.35. The lowest BCUT2D eigenvalue weighted by atomic mass is 10.00. The van der Waals surface area contributed by atoms with Crippen LogP contribution in [0.5, 0.6) is 0 Å². The van der Waals surface area contributed by atoms with Crippen molar-refractivity contribution in [1.82, 2.24) is 5.32 Å². The van der Waals surface area contributed by atoms with Crippen molar-refractivity contribution >= 4 is 11.9 Å². The lowest BCUT2D eigenvalue weighted by Gasteiger charge is -2.22. The monoisotopic (exact) mass is 229 g/mol. The molecular weight excluding hydrogens is 206 g/mol. The van der Waals surface area contributed by atoms with Crippen LogP contribution in [0, 0.1) is 11.8 Å². The van der Waals surface area contributed by atoms with Crippen LogP contribution in [0.2, 0.25) is 0 Å². The van der Waals surface area contributed by atoms with Gasteiger partial charge >= 0.3 is 5.97 Å². The summed E-state index contributed by atoms with van der Waals surface area (Å²) in [6.45, 7) is 9.76. The molecule has 0 aliphatic carbocycles. The lowest BCUT2D eigenvalue weighted by Crippen LogP contribution is -2.42. The minimum Gasteiger partial charge on any atom is -0.466 e. The van der Waals surface area contributed by atoms with Crippen molar-refractivity contribution in [2.75, 3.05) is 6.61 Å². The predicted octanol–water partition coefficient (Wildman–Crippen LogP) is 1.74. The Morgan fingerprint density at radius 3 is 2.12 bits per heavy atom. The van der Waals surface area contributed by atoms with E-state index < -0.39 is 0 Å². The molecule has 0 rings (SSSR count). The molecule has 1 unspecified atom stereocenters. The van der Waals surface area contributed by atoms with E-state index in [1.165, 1.54) is 0 Å². The van der Waals surface area contributed by atoms with Crippen LogP contribution in [-0.4, -0.2) is 24.5 Å². The SMILES string of the molecule is CCOC(=O)CC(NC(=O)C(C)C)C(C)C. The van der Waals surface area contributed by atoms with Gasteiger partial charge in [-0.05, 0) is 12.8 Å². The molecule has 0 spiro atoms. The third-order valence-corrected chi connectivity index (χ3v) is 2.35. The molecule has 1 amide bonds. The molecule has 0 aromatic rings. The van der Waals surface area contributed by atoms with Gasteiger partial charge < -0.3 is 10.1 Å². The van der Waals surface area contributed by atoms with Crippen LogP contribution in [0.1, 0.15) is 41.0 Å². The van der Waals surface area contributed by atoms with E-state index in [4.69, 9.17) is 4.74 Å². The second-order valence-electron chi connectivity index (χ2n) is 4.52. The molecule has 0 aliphatic rings. The van der Waals surface area contributed by atoms with Crippen molar-refractivity contribution in [2.45, 2.75) is 47.1 Å². The van der Waals surface area contributed by atoms with Crippen LogP contribution < -0.4 is 5.32 Å². The van der Waals surface area contributed by atoms with E-state index in [2.05, 4.69) is 5.32 Å². The van der Waals surface area contributed by atoms with Gasteiger partial charge in [-0.2, -0.15) is 0 Å². The predicted molar refractivity (Wildman–Crippen MR) is 62.9 cm³/mol. The number of rotatable bonds is 6. The molecule has 94 valence electrons. The molecule has 4 nitrogen and oxygen atoms in total. The zero-order chi connectivity index (χ0) is 12.7. The first-order valence-corrected chi connectivity index (χ1v) is 5.84. The maximum atomic E-state index is 11.5. The second kappa shape index (κ2) is 7.25. The fourth-order valence-corrected chi connectivity index (χ4v) is 1.20. The minimum absolute atomic E-state index is 0.0250. The summed E-state index contributed by atoms with van der Waals surface area (Å²) in [7, 11) is 0. The molecule has 0 bridgehead atoms. The Kier molecular flexibility index (Phi) is 6.77. The smallest absolute Gasteiger partial charge is 0.307 e. The summed E-state index contributed by atoms with van der Waals surface area (Å²) in [5, 5.41) is 2.87. The molecule has 0 saturated carbocycles. The Labute approximate surface area is 97.7 Å². The van der Waals surface area contributed by atoms with E-state index in [1.807, 2.05) is 27.7 Å². The number of carbonyl (C=O) groups excluding carboxylic acids is 2. The Balaban J connectivity index is 4.28. The molecule has 0 radical (unpaired) electrons. The molecule has 1 N–H and O–H groups in total. The molecule has 16 heavy (non-hydrogen) atoms. The van der Waals surface area contributed by atoms with Crippen LogP contribution in [-0.2, 0) is 14.3 Å². The van der Waals surface area contributed by atoms with Crippen molar-refractivity contribution < 1.29 is 14.3 Å². The zero-order valence-corrected chi connectivity index (χ0v) is 10.9. The third kappa shape index (κ3) is 5.73. The van der Waals surface area contributed by atoms with E-state index in [1.54, 1.807) is 6.92 Å². The summed E-state index contributed by atoms with van der Waals surface area (Å²) in [6, 6.07) is -0.144. The molecular formula is C12H23NO3. The average molecular weight is 229 g/mol. The highest BCUT2D eigenvalue weighted by atomic mass is 16.5. The molecule has 0 aromatic carbocycles. The Morgan fingerprint density at radius 2 is 1.75 bits per heavy atom. The molecule has 0 saturated heterocycles. The van der Waals surface area contributed by atoms with Gasteiger partial charge in [-0.1, -0.05) is 27.7 Å². The summed E-state index contributed by atoms with van der Waals surface area (Å²) in [6.07, 6.45) is 0.240. The van der Waals surface area contributed by atoms with Gasteiger partial charge in [0.05, 0.1) is 13.0 Å².